The standard InChI is InChI=1S/C35H52N6O9/c1-6-13-25(30(43)32(45)36-18-27(42)38-28(33(46)40(4)5)23-14-9-7-10-15-23)37-31(44)26-20-49-21-41(26)34(47)29(24-16-11-8-12-17-24)39-35(48)50-19-22(2)3/h7,9-10,14-15,22,24-26,28-29H,6,8,11-13,16-21H2,1-5H3,(H,36,45)(H,37,44)(H,38,42)(H,39,48)/t25-,26+,28+,29+/m1/s1. The van der Waals surface area contributed by atoms with E-state index >= 15 is 0 Å². The summed E-state index contributed by atoms with van der Waals surface area (Å²) in [5, 5.41) is 10.2. The molecule has 4 N–H and O–H groups in total. The largest absolute Gasteiger partial charge is 0.449 e. The fourth-order valence-corrected chi connectivity index (χ4v) is 5.95. The molecular formula is C35H52N6O9. The van der Waals surface area contributed by atoms with E-state index in [-0.39, 0.29) is 44.1 Å². The third-order valence-corrected chi connectivity index (χ3v) is 8.65. The van der Waals surface area contributed by atoms with Gasteiger partial charge in [-0.05, 0) is 36.7 Å². The Morgan fingerprint density at radius 2 is 1.64 bits per heavy atom. The molecule has 1 aliphatic heterocycles. The van der Waals surface area contributed by atoms with Gasteiger partial charge in [0.15, 0.2) is 0 Å². The van der Waals surface area contributed by atoms with Crippen molar-refractivity contribution >= 4 is 41.4 Å². The van der Waals surface area contributed by atoms with E-state index in [0.29, 0.717) is 12.0 Å². The number of likely N-dealkylation sites (N-methyl/N-ethyl adjacent to an activating group) is 1. The van der Waals surface area contributed by atoms with Crippen molar-refractivity contribution in [1.82, 2.24) is 31.1 Å². The number of hydrogen-bond acceptors (Lipinski definition) is 9. The van der Waals surface area contributed by atoms with Crippen molar-refractivity contribution in [1.29, 1.82) is 0 Å². The molecule has 0 spiro atoms. The summed E-state index contributed by atoms with van der Waals surface area (Å²) in [6.45, 7) is 4.84. The smallest absolute Gasteiger partial charge is 0.407 e. The molecule has 1 saturated heterocycles. The second-order valence-electron chi connectivity index (χ2n) is 13.4. The first-order valence-corrected chi connectivity index (χ1v) is 17.3. The zero-order valence-electron chi connectivity index (χ0n) is 29.7. The lowest BCUT2D eigenvalue weighted by atomic mass is 9.83. The minimum atomic E-state index is -1.24. The number of carbonyl (C=O) groups excluding carboxylic acids is 7. The highest BCUT2D eigenvalue weighted by molar-refractivity contribution is 6.38. The number of ketones is 1. The van der Waals surface area contributed by atoms with Crippen molar-refractivity contribution in [3.05, 3.63) is 35.9 Å². The molecule has 4 atom stereocenters. The van der Waals surface area contributed by atoms with E-state index in [4.69, 9.17) is 9.47 Å². The van der Waals surface area contributed by atoms with Crippen molar-refractivity contribution in [3.63, 3.8) is 0 Å². The average molecular weight is 701 g/mol. The van der Waals surface area contributed by atoms with Crippen molar-refractivity contribution in [3.8, 4) is 0 Å². The molecular weight excluding hydrogens is 648 g/mol. The second-order valence-corrected chi connectivity index (χ2v) is 13.4. The summed E-state index contributed by atoms with van der Waals surface area (Å²) in [5.41, 5.74) is 0.544. The van der Waals surface area contributed by atoms with Crippen LogP contribution in [-0.4, -0.2) is 110 Å². The van der Waals surface area contributed by atoms with E-state index < -0.39 is 66.2 Å². The number of benzene rings is 1. The van der Waals surface area contributed by atoms with Gasteiger partial charge in [0.1, 0.15) is 24.9 Å². The topological polar surface area (TPSA) is 193 Å². The Kier molecular flexibility index (Phi) is 15.6. The highest BCUT2D eigenvalue weighted by atomic mass is 16.5. The first-order chi connectivity index (χ1) is 23.8. The van der Waals surface area contributed by atoms with Crippen LogP contribution in [0.1, 0.15) is 77.3 Å². The van der Waals surface area contributed by atoms with Gasteiger partial charge >= 0.3 is 6.09 Å². The molecule has 15 nitrogen and oxygen atoms in total. The van der Waals surface area contributed by atoms with Gasteiger partial charge in [0.25, 0.3) is 5.91 Å². The van der Waals surface area contributed by atoms with Crippen LogP contribution in [0.2, 0.25) is 0 Å². The van der Waals surface area contributed by atoms with Crippen LogP contribution >= 0.6 is 0 Å². The van der Waals surface area contributed by atoms with Crippen LogP contribution in [0.4, 0.5) is 4.79 Å². The van der Waals surface area contributed by atoms with Crippen LogP contribution in [0, 0.1) is 11.8 Å². The molecule has 2 fully saturated rings. The van der Waals surface area contributed by atoms with E-state index in [1.165, 1.54) is 9.80 Å². The van der Waals surface area contributed by atoms with Gasteiger partial charge in [0, 0.05) is 14.1 Å². The van der Waals surface area contributed by atoms with Gasteiger partial charge in [0.05, 0.1) is 25.8 Å². The summed E-state index contributed by atoms with van der Waals surface area (Å²) in [6, 6.07) is 4.33. The van der Waals surface area contributed by atoms with Gasteiger partial charge < -0.3 is 40.5 Å². The van der Waals surface area contributed by atoms with Gasteiger partial charge in [0.2, 0.25) is 29.4 Å². The predicted molar refractivity (Wildman–Crippen MR) is 182 cm³/mol. The van der Waals surface area contributed by atoms with Crippen molar-refractivity contribution in [2.24, 2.45) is 11.8 Å². The Balaban J connectivity index is 1.64. The summed E-state index contributed by atoms with van der Waals surface area (Å²) in [4.78, 5) is 94.2. The van der Waals surface area contributed by atoms with E-state index in [2.05, 4.69) is 21.3 Å². The second kappa shape index (κ2) is 19.6. The molecule has 1 saturated carbocycles. The molecule has 15 heteroatoms. The summed E-state index contributed by atoms with van der Waals surface area (Å²) < 4.78 is 10.8. The minimum absolute atomic E-state index is 0.105. The fourth-order valence-electron chi connectivity index (χ4n) is 5.95. The van der Waals surface area contributed by atoms with Crippen molar-refractivity contribution in [2.75, 3.05) is 40.6 Å². The number of amides is 6. The zero-order chi connectivity index (χ0) is 36.8. The number of ether oxygens (including phenoxy) is 2. The molecule has 276 valence electrons. The summed E-state index contributed by atoms with van der Waals surface area (Å²) in [6.07, 6.45) is 4.14. The molecule has 1 aromatic carbocycles. The van der Waals surface area contributed by atoms with E-state index in [9.17, 15) is 33.6 Å². The number of alkyl carbamates (subject to hydrolysis) is 1. The first-order valence-electron chi connectivity index (χ1n) is 17.3. The quantitative estimate of drug-likeness (QED) is 0.185. The maximum absolute atomic E-state index is 13.9. The Labute approximate surface area is 293 Å². The molecule has 1 aliphatic carbocycles. The lowest BCUT2D eigenvalue weighted by molar-refractivity contribution is -0.143. The Morgan fingerprint density at radius 3 is 2.26 bits per heavy atom. The Morgan fingerprint density at radius 1 is 0.960 bits per heavy atom. The molecule has 1 aromatic rings. The molecule has 2 aliphatic rings. The molecule has 50 heavy (non-hydrogen) atoms. The van der Waals surface area contributed by atoms with E-state index in [1.807, 2.05) is 13.8 Å². The molecule has 1 heterocycles. The lowest BCUT2D eigenvalue weighted by Crippen LogP contribution is -2.58. The molecule has 0 aromatic heterocycles. The van der Waals surface area contributed by atoms with E-state index in [0.717, 1.165) is 32.1 Å². The van der Waals surface area contributed by atoms with E-state index in [1.54, 1.807) is 51.4 Å². The highest BCUT2D eigenvalue weighted by Gasteiger charge is 2.42. The fraction of sp³-hybridized carbons (Fsp3) is 0.629. The molecule has 6 amide bonds. The van der Waals surface area contributed by atoms with Crippen LogP contribution in [0.15, 0.2) is 30.3 Å². The van der Waals surface area contributed by atoms with Gasteiger partial charge in [-0.3, -0.25) is 28.8 Å². The molecule has 0 unspecified atom stereocenters. The van der Waals surface area contributed by atoms with Gasteiger partial charge in [-0.2, -0.15) is 0 Å². The molecule has 3 rings (SSSR count). The van der Waals surface area contributed by atoms with Crippen LogP contribution in [0.3, 0.4) is 0 Å². The number of nitrogens with zero attached hydrogens (tertiary/aromatic N) is 2. The number of rotatable bonds is 16. The lowest BCUT2D eigenvalue weighted by Gasteiger charge is -2.33. The average Bonchev–Trinajstić information content (AvgIpc) is 3.61. The van der Waals surface area contributed by atoms with Gasteiger partial charge in [-0.1, -0.05) is 76.8 Å². The van der Waals surface area contributed by atoms with Crippen LogP contribution in [0.5, 0.6) is 0 Å². The summed E-state index contributed by atoms with van der Waals surface area (Å²) >= 11 is 0. The highest BCUT2D eigenvalue weighted by Crippen LogP contribution is 2.28. The van der Waals surface area contributed by atoms with Crippen LogP contribution in [-0.2, 0) is 38.2 Å². The number of carbonyl (C=O) groups is 7. The maximum Gasteiger partial charge on any atom is 0.407 e. The number of Topliss-reactive ketones (excluding diaryl/α,β-unsaturated/α-hetero) is 1. The molecule has 0 radical (unpaired) electrons. The Hall–Kier alpha value is -4.53. The number of nitrogens with one attached hydrogen (secondary N) is 4. The summed E-state index contributed by atoms with van der Waals surface area (Å²) in [7, 11) is 3.10. The monoisotopic (exact) mass is 700 g/mol. The minimum Gasteiger partial charge on any atom is -0.449 e. The zero-order valence-corrected chi connectivity index (χ0v) is 29.7. The third kappa shape index (κ3) is 11.5. The van der Waals surface area contributed by atoms with Crippen LogP contribution in [0.25, 0.3) is 0 Å². The van der Waals surface area contributed by atoms with Gasteiger partial charge in [-0.25, -0.2) is 4.79 Å². The van der Waals surface area contributed by atoms with Gasteiger partial charge in [-0.15, -0.1) is 0 Å². The normalized spacial score (nSPS) is 18.0. The third-order valence-electron chi connectivity index (χ3n) is 8.65. The SMILES string of the molecule is CCC[C@@H](NC(=O)[C@@H]1COCN1C(=O)[C@@H](NC(=O)OCC(C)C)C1CCCCC1)C(=O)C(=O)NCC(=O)N[C@H](C(=O)N(C)C)c1ccccc1. The first kappa shape index (κ1) is 39.9. The molecule has 0 bridgehead atoms. The number of hydrogen-bond donors (Lipinski definition) is 4. The summed E-state index contributed by atoms with van der Waals surface area (Å²) in [5.74, 6) is -4.36. The predicted octanol–water partition coefficient (Wildman–Crippen LogP) is 1.42. The van der Waals surface area contributed by atoms with Crippen molar-refractivity contribution in [2.45, 2.75) is 89.9 Å². The maximum atomic E-state index is 13.9. The Bertz CT molecular complexity index is 1350. The van der Waals surface area contributed by atoms with Crippen LogP contribution < -0.4 is 21.3 Å². The van der Waals surface area contributed by atoms with Crippen molar-refractivity contribution < 1.29 is 43.0 Å².